The molecule has 0 saturated heterocycles. The molecule has 96 valence electrons. The fourth-order valence-corrected chi connectivity index (χ4v) is 1.88. The van der Waals surface area contributed by atoms with Gasteiger partial charge in [0.25, 0.3) is 0 Å². The number of nitrogens with one attached hydrogen (secondary N) is 1. The number of phenolic OH excluding ortho intramolecular Hbond substituents is 1. The summed E-state index contributed by atoms with van der Waals surface area (Å²) < 4.78 is 0.539. The zero-order valence-corrected chi connectivity index (χ0v) is 11.6. The number of hydrogen-bond acceptors (Lipinski definition) is 2. The minimum atomic E-state index is -0.221. The number of hydrogen-bond donors (Lipinski definition) is 2. The molecule has 3 nitrogen and oxygen atoms in total. The molecule has 2 aromatic carbocycles. The van der Waals surface area contributed by atoms with E-state index in [1.165, 1.54) is 12.1 Å². The maximum Gasteiger partial charge on any atom is 0.248 e. The van der Waals surface area contributed by atoms with Crippen LogP contribution in [-0.4, -0.2) is 11.0 Å². The predicted octanol–water partition coefficient (Wildman–Crippen LogP) is 3.81. The topological polar surface area (TPSA) is 49.3 Å². The van der Waals surface area contributed by atoms with E-state index in [1.807, 2.05) is 30.3 Å². The molecule has 2 rings (SSSR count). The summed E-state index contributed by atoms with van der Waals surface area (Å²) in [5.41, 5.74) is 1.58. The van der Waals surface area contributed by atoms with Crippen LogP contribution < -0.4 is 5.32 Å². The van der Waals surface area contributed by atoms with Crippen LogP contribution in [0.25, 0.3) is 6.08 Å². The highest BCUT2D eigenvalue weighted by atomic mass is 79.9. The lowest BCUT2D eigenvalue weighted by atomic mass is 10.2. The van der Waals surface area contributed by atoms with Crippen LogP contribution in [-0.2, 0) is 4.79 Å². The summed E-state index contributed by atoms with van der Waals surface area (Å²) in [6, 6.07) is 14.4. The molecule has 19 heavy (non-hydrogen) atoms. The second-order valence-electron chi connectivity index (χ2n) is 3.90. The zero-order chi connectivity index (χ0) is 13.7. The van der Waals surface area contributed by atoms with E-state index in [9.17, 15) is 9.90 Å². The van der Waals surface area contributed by atoms with Gasteiger partial charge in [0.05, 0.1) is 4.47 Å². The number of rotatable bonds is 3. The summed E-state index contributed by atoms with van der Waals surface area (Å²) in [4.78, 5) is 11.7. The van der Waals surface area contributed by atoms with Crippen LogP contribution in [0.4, 0.5) is 5.69 Å². The molecule has 1 amide bonds. The Hall–Kier alpha value is -2.07. The van der Waals surface area contributed by atoms with Crippen LogP contribution in [0.3, 0.4) is 0 Å². The molecule has 0 unspecified atom stereocenters. The minimum absolute atomic E-state index is 0.137. The number of carbonyl (C=O) groups excluding carboxylic acids is 1. The number of anilines is 1. The Morgan fingerprint density at radius 1 is 1.16 bits per heavy atom. The van der Waals surface area contributed by atoms with Gasteiger partial charge in [-0.3, -0.25) is 4.79 Å². The van der Waals surface area contributed by atoms with Gasteiger partial charge in [0, 0.05) is 11.8 Å². The SMILES string of the molecule is O=C(C=Cc1ccccc1)Nc1ccc(O)c(Br)c1. The first-order chi connectivity index (χ1) is 9.15. The summed E-state index contributed by atoms with van der Waals surface area (Å²) in [5.74, 6) is -0.0840. The van der Waals surface area contributed by atoms with E-state index in [1.54, 1.807) is 18.2 Å². The molecule has 2 aromatic rings. The van der Waals surface area contributed by atoms with Crippen LogP contribution in [0.5, 0.6) is 5.75 Å². The third-order valence-corrected chi connectivity index (χ3v) is 3.08. The van der Waals surface area contributed by atoms with Crippen LogP contribution >= 0.6 is 15.9 Å². The summed E-state index contributed by atoms with van der Waals surface area (Å²) in [7, 11) is 0. The van der Waals surface area contributed by atoms with Gasteiger partial charge in [0.2, 0.25) is 5.91 Å². The van der Waals surface area contributed by atoms with Crippen molar-refractivity contribution in [1.82, 2.24) is 0 Å². The number of benzene rings is 2. The molecule has 0 radical (unpaired) electrons. The molecule has 4 heteroatoms. The van der Waals surface area contributed by atoms with E-state index in [2.05, 4.69) is 21.2 Å². The smallest absolute Gasteiger partial charge is 0.248 e. The van der Waals surface area contributed by atoms with Crippen molar-refractivity contribution >= 4 is 33.6 Å². The van der Waals surface area contributed by atoms with E-state index in [0.717, 1.165) is 5.56 Å². The van der Waals surface area contributed by atoms with Gasteiger partial charge in [-0.25, -0.2) is 0 Å². The average Bonchev–Trinajstić information content (AvgIpc) is 2.42. The van der Waals surface area contributed by atoms with E-state index < -0.39 is 0 Å². The Bertz CT molecular complexity index is 609. The van der Waals surface area contributed by atoms with Gasteiger partial charge in [-0.1, -0.05) is 30.3 Å². The molecule has 0 aliphatic carbocycles. The summed E-state index contributed by atoms with van der Waals surface area (Å²) in [5, 5.41) is 12.1. The summed E-state index contributed by atoms with van der Waals surface area (Å²) in [6.45, 7) is 0. The van der Waals surface area contributed by atoms with Gasteiger partial charge in [0.1, 0.15) is 5.75 Å². The molecule has 0 aliphatic heterocycles. The van der Waals surface area contributed by atoms with Crippen LogP contribution in [0.2, 0.25) is 0 Å². The first-order valence-corrected chi connectivity index (χ1v) is 6.47. The number of carbonyl (C=O) groups is 1. The molecule has 0 saturated carbocycles. The minimum Gasteiger partial charge on any atom is -0.507 e. The van der Waals surface area contributed by atoms with Crippen LogP contribution in [0.1, 0.15) is 5.56 Å². The van der Waals surface area contributed by atoms with Crippen molar-refractivity contribution in [2.45, 2.75) is 0 Å². The van der Waals surface area contributed by atoms with Crippen molar-refractivity contribution in [2.75, 3.05) is 5.32 Å². The third-order valence-electron chi connectivity index (χ3n) is 2.44. The lowest BCUT2D eigenvalue weighted by Crippen LogP contribution is -2.07. The van der Waals surface area contributed by atoms with E-state index in [0.29, 0.717) is 10.2 Å². The molecular weight excluding hydrogens is 306 g/mol. The molecule has 0 bridgehead atoms. The summed E-state index contributed by atoms with van der Waals surface area (Å²) in [6.07, 6.45) is 3.21. The van der Waals surface area contributed by atoms with Crippen LogP contribution in [0, 0.1) is 0 Å². The number of aromatic hydroxyl groups is 1. The molecule has 0 aliphatic rings. The van der Waals surface area contributed by atoms with Crippen molar-refractivity contribution < 1.29 is 9.90 Å². The predicted molar refractivity (Wildman–Crippen MR) is 79.9 cm³/mol. The maximum atomic E-state index is 11.7. The van der Waals surface area contributed by atoms with E-state index in [-0.39, 0.29) is 11.7 Å². The number of phenols is 1. The zero-order valence-electron chi connectivity index (χ0n) is 10.0. The lowest BCUT2D eigenvalue weighted by Gasteiger charge is -2.03. The van der Waals surface area contributed by atoms with Crippen molar-refractivity contribution in [3.05, 3.63) is 64.6 Å². The fraction of sp³-hybridized carbons (Fsp3) is 0. The molecule has 0 atom stereocenters. The first-order valence-electron chi connectivity index (χ1n) is 5.68. The van der Waals surface area contributed by atoms with E-state index >= 15 is 0 Å². The second-order valence-corrected chi connectivity index (χ2v) is 4.75. The van der Waals surface area contributed by atoms with Crippen molar-refractivity contribution in [2.24, 2.45) is 0 Å². The van der Waals surface area contributed by atoms with Crippen molar-refractivity contribution in [3.63, 3.8) is 0 Å². The fourth-order valence-electron chi connectivity index (χ4n) is 1.50. The molecule has 0 spiro atoms. The Labute approximate surface area is 119 Å². The maximum absolute atomic E-state index is 11.7. The third kappa shape index (κ3) is 3.96. The Morgan fingerprint density at radius 2 is 1.89 bits per heavy atom. The first kappa shape index (κ1) is 13.4. The Morgan fingerprint density at radius 3 is 2.58 bits per heavy atom. The standard InChI is InChI=1S/C15H12BrNO2/c16-13-10-12(7-8-14(13)18)17-15(19)9-6-11-4-2-1-3-5-11/h1-10,18H,(H,17,19). The normalized spacial score (nSPS) is 10.6. The Balaban J connectivity index is 2.01. The Kier molecular flexibility index (Phi) is 4.36. The van der Waals surface area contributed by atoms with Crippen molar-refractivity contribution in [3.8, 4) is 5.75 Å². The highest BCUT2D eigenvalue weighted by molar-refractivity contribution is 9.10. The lowest BCUT2D eigenvalue weighted by molar-refractivity contribution is -0.111. The van der Waals surface area contributed by atoms with Gasteiger partial charge >= 0.3 is 0 Å². The quantitative estimate of drug-likeness (QED) is 0.668. The van der Waals surface area contributed by atoms with Gasteiger partial charge in [-0.2, -0.15) is 0 Å². The molecule has 0 fully saturated rings. The van der Waals surface area contributed by atoms with Gasteiger partial charge in [-0.15, -0.1) is 0 Å². The van der Waals surface area contributed by atoms with Crippen molar-refractivity contribution in [1.29, 1.82) is 0 Å². The number of halogens is 1. The second kappa shape index (κ2) is 6.20. The highest BCUT2D eigenvalue weighted by Gasteiger charge is 2.01. The monoisotopic (exact) mass is 317 g/mol. The largest absolute Gasteiger partial charge is 0.507 e. The highest BCUT2D eigenvalue weighted by Crippen LogP contribution is 2.26. The summed E-state index contributed by atoms with van der Waals surface area (Å²) >= 11 is 3.19. The number of amides is 1. The van der Waals surface area contributed by atoms with Gasteiger partial charge in [-0.05, 0) is 45.8 Å². The molecule has 0 aromatic heterocycles. The molecule has 0 heterocycles. The van der Waals surface area contributed by atoms with Crippen LogP contribution in [0.15, 0.2) is 59.1 Å². The average molecular weight is 318 g/mol. The van der Waals surface area contributed by atoms with Gasteiger partial charge in [0.15, 0.2) is 0 Å². The molecular formula is C15H12BrNO2. The van der Waals surface area contributed by atoms with Gasteiger partial charge < -0.3 is 10.4 Å². The van der Waals surface area contributed by atoms with E-state index in [4.69, 9.17) is 0 Å². The molecule has 2 N–H and O–H groups in total.